The maximum absolute atomic E-state index is 10.9. The number of nitrogens with two attached hydrogens (primary N) is 1. The highest BCUT2D eigenvalue weighted by atomic mass is 28.3. The third-order valence-electron chi connectivity index (χ3n) is 3.54. The maximum Gasteiger partial charge on any atom is 0.320 e. The van der Waals surface area contributed by atoms with E-state index in [2.05, 4.69) is 31.8 Å². The summed E-state index contributed by atoms with van der Waals surface area (Å²) in [4.78, 5) is 10.9. The van der Waals surface area contributed by atoms with Gasteiger partial charge in [0.2, 0.25) is 0 Å². The maximum atomic E-state index is 10.9. The number of hydrogen-bond acceptors (Lipinski definition) is 2. The Morgan fingerprint density at radius 2 is 2.12 bits per heavy atom. The average Bonchev–Trinajstić information content (AvgIpc) is 2.17. The van der Waals surface area contributed by atoms with Gasteiger partial charge in [-0.1, -0.05) is 43.9 Å². The van der Waals surface area contributed by atoms with Crippen LogP contribution in [0.5, 0.6) is 0 Å². The van der Waals surface area contributed by atoms with E-state index >= 15 is 0 Å². The molecule has 0 heterocycles. The molecule has 0 saturated carbocycles. The van der Waals surface area contributed by atoms with Gasteiger partial charge in [0.1, 0.15) is 6.04 Å². The molecule has 0 spiro atoms. The SMILES string of the molecule is C[Si](C)(C)C1(C[C@H](N)C(=O)O)C=CC=CC1. The topological polar surface area (TPSA) is 63.3 Å². The fraction of sp³-hybridized carbons (Fsp3) is 0.583. The Bertz CT molecular complexity index is 330. The molecule has 0 aliphatic heterocycles. The number of carboxylic acids is 1. The summed E-state index contributed by atoms with van der Waals surface area (Å²) in [5.74, 6) is -0.902. The molecule has 0 aromatic carbocycles. The molecule has 3 nitrogen and oxygen atoms in total. The van der Waals surface area contributed by atoms with Gasteiger partial charge < -0.3 is 10.8 Å². The summed E-state index contributed by atoms with van der Waals surface area (Å²) in [5, 5.41) is 8.93. The zero-order valence-corrected chi connectivity index (χ0v) is 11.2. The number of carboxylic acid groups (broad SMARTS) is 1. The third kappa shape index (κ3) is 2.62. The molecule has 1 aliphatic rings. The van der Waals surface area contributed by atoms with Crippen LogP contribution in [0.4, 0.5) is 0 Å². The molecule has 3 N–H and O–H groups in total. The van der Waals surface area contributed by atoms with Gasteiger partial charge in [0.15, 0.2) is 0 Å². The standard InChI is InChI=1S/C12H21NO2Si/c1-16(2,3)12(7-5-4-6-8-12)9-10(13)11(14)15/h4-7,10H,8-9,13H2,1-3H3,(H,14,15)/t10-,12?/m0/s1. The first-order chi connectivity index (χ1) is 7.28. The van der Waals surface area contributed by atoms with E-state index in [1.807, 2.05) is 12.2 Å². The molecule has 0 bridgehead atoms. The molecule has 0 radical (unpaired) electrons. The van der Waals surface area contributed by atoms with Crippen molar-refractivity contribution in [2.75, 3.05) is 0 Å². The van der Waals surface area contributed by atoms with Crippen molar-refractivity contribution >= 4 is 14.0 Å². The zero-order valence-electron chi connectivity index (χ0n) is 10.2. The second-order valence-electron chi connectivity index (χ2n) is 5.55. The second kappa shape index (κ2) is 4.55. The van der Waals surface area contributed by atoms with E-state index in [1.54, 1.807) is 0 Å². The van der Waals surface area contributed by atoms with Crippen LogP contribution in [0.25, 0.3) is 0 Å². The van der Waals surface area contributed by atoms with E-state index in [4.69, 9.17) is 10.8 Å². The van der Waals surface area contributed by atoms with Crippen molar-refractivity contribution in [1.29, 1.82) is 0 Å². The fourth-order valence-electron chi connectivity index (χ4n) is 2.16. The molecule has 0 saturated heterocycles. The van der Waals surface area contributed by atoms with E-state index in [0.717, 1.165) is 6.42 Å². The van der Waals surface area contributed by atoms with Crippen molar-refractivity contribution < 1.29 is 9.90 Å². The van der Waals surface area contributed by atoms with E-state index in [9.17, 15) is 4.79 Å². The van der Waals surface area contributed by atoms with Crippen LogP contribution < -0.4 is 5.73 Å². The van der Waals surface area contributed by atoms with Crippen LogP contribution in [0.2, 0.25) is 24.7 Å². The van der Waals surface area contributed by atoms with Crippen molar-refractivity contribution in [1.82, 2.24) is 0 Å². The summed E-state index contributed by atoms with van der Waals surface area (Å²) >= 11 is 0. The number of aliphatic carboxylic acids is 1. The van der Waals surface area contributed by atoms with Crippen LogP contribution in [0.1, 0.15) is 12.8 Å². The molecule has 0 aromatic rings. The van der Waals surface area contributed by atoms with E-state index in [-0.39, 0.29) is 5.04 Å². The van der Waals surface area contributed by atoms with Gasteiger partial charge >= 0.3 is 5.97 Å². The summed E-state index contributed by atoms with van der Waals surface area (Å²) in [6.07, 6.45) is 9.79. The second-order valence-corrected chi connectivity index (χ2v) is 11.0. The van der Waals surface area contributed by atoms with Crippen LogP contribution in [0.3, 0.4) is 0 Å². The lowest BCUT2D eigenvalue weighted by atomic mass is 9.92. The van der Waals surface area contributed by atoms with Gasteiger partial charge in [0, 0.05) is 0 Å². The Hall–Kier alpha value is -0.873. The molecule has 1 unspecified atom stereocenters. The first kappa shape index (κ1) is 13.2. The van der Waals surface area contributed by atoms with E-state index in [1.165, 1.54) is 0 Å². The van der Waals surface area contributed by atoms with E-state index < -0.39 is 20.1 Å². The predicted octanol–water partition coefficient (Wildman–Crippen LogP) is 2.38. The van der Waals surface area contributed by atoms with E-state index in [0.29, 0.717) is 6.42 Å². The Morgan fingerprint density at radius 3 is 2.50 bits per heavy atom. The Labute approximate surface area is 98.0 Å². The molecule has 1 aliphatic carbocycles. The van der Waals surface area contributed by atoms with Crippen molar-refractivity contribution in [3.05, 3.63) is 24.3 Å². The minimum atomic E-state index is -1.50. The van der Waals surface area contributed by atoms with Crippen molar-refractivity contribution in [2.24, 2.45) is 5.73 Å². The van der Waals surface area contributed by atoms with Gasteiger partial charge in [-0.25, -0.2) is 0 Å². The van der Waals surface area contributed by atoms with Gasteiger partial charge in [-0.15, -0.1) is 0 Å². The summed E-state index contributed by atoms with van der Waals surface area (Å²) in [6.45, 7) is 6.81. The van der Waals surface area contributed by atoms with Crippen molar-refractivity contribution in [3.8, 4) is 0 Å². The molecule has 90 valence electrons. The van der Waals surface area contributed by atoms with Gasteiger partial charge in [0.25, 0.3) is 0 Å². The molecule has 0 aromatic heterocycles. The summed E-state index contributed by atoms with van der Waals surface area (Å²) in [6, 6.07) is -0.761. The summed E-state index contributed by atoms with van der Waals surface area (Å²) in [5.41, 5.74) is 5.69. The first-order valence-electron chi connectivity index (χ1n) is 5.61. The van der Waals surface area contributed by atoms with Crippen LogP contribution in [0.15, 0.2) is 24.3 Å². The molecule has 2 atom stereocenters. The minimum Gasteiger partial charge on any atom is -0.480 e. The van der Waals surface area contributed by atoms with Gasteiger partial charge in [-0.2, -0.15) is 0 Å². The Kier molecular flexibility index (Phi) is 3.75. The summed E-state index contributed by atoms with van der Waals surface area (Å²) in [7, 11) is -1.50. The monoisotopic (exact) mass is 239 g/mol. The highest BCUT2D eigenvalue weighted by Gasteiger charge is 2.42. The highest BCUT2D eigenvalue weighted by Crippen LogP contribution is 2.48. The van der Waals surface area contributed by atoms with Crippen LogP contribution in [-0.2, 0) is 4.79 Å². The number of allylic oxidation sites excluding steroid dienone is 4. The molecule has 0 fully saturated rings. The van der Waals surface area contributed by atoms with Crippen molar-refractivity contribution in [3.63, 3.8) is 0 Å². The largest absolute Gasteiger partial charge is 0.480 e. The van der Waals surface area contributed by atoms with Gasteiger partial charge in [-0.3, -0.25) is 4.79 Å². The average molecular weight is 239 g/mol. The molecular weight excluding hydrogens is 218 g/mol. The lowest BCUT2D eigenvalue weighted by molar-refractivity contribution is -0.138. The molecule has 16 heavy (non-hydrogen) atoms. The molecule has 4 heteroatoms. The predicted molar refractivity (Wildman–Crippen MR) is 69.2 cm³/mol. The van der Waals surface area contributed by atoms with Crippen LogP contribution in [-0.4, -0.2) is 25.2 Å². The Balaban J connectivity index is 2.94. The number of rotatable bonds is 4. The number of carbonyl (C=O) groups is 1. The molecule has 1 rings (SSSR count). The molecular formula is C12H21NO2Si. The normalized spacial score (nSPS) is 26.8. The highest BCUT2D eigenvalue weighted by molar-refractivity contribution is 6.79. The quantitative estimate of drug-likeness (QED) is 0.740. The van der Waals surface area contributed by atoms with Crippen LogP contribution >= 0.6 is 0 Å². The van der Waals surface area contributed by atoms with Crippen molar-refractivity contribution in [2.45, 2.75) is 43.6 Å². The van der Waals surface area contributed by atoms with Crippen LogP contribution in [0, 0.1) is 0 Å². The lowest BCUT2D eigenvalue weighted by Crippen LogP contribution is -2.44. The zero-order chi connectivity index (χ0) is 12.4. The minimum absolute atomic E-state index is 0.0143. The lowest BCUT2D eigenvalue weighted by Gasteiger charge is -2.43. The Morgan fingerprint density at radius 1 is 1.50 bits per heavy atom. The van der Waals surface area contributed by atoms with Gasteiger partial charge in [-0.05, 0) is 17.9 Å². The smallest absolute Gasteiger partial charge is 0.320 e. The number of hydrogen-bond donors (Lipinski definition) is 2. The first-order valence-corrected chi connectivity index (χ1v) is 9.11. The van der Waals surface area contributed by atoms with Gasteiger partial charge in [0.05, 0.1) is 8.07 Å². The molecule has 0 amide bonds. The summed E-state index contributed by atoms with van der Waals surface area (Å²) < 4.78 is 0. The fourth-order valence-corrected chi connectivity index (χ4v) is 4.32. The third-order valence-corrected chi connectivity index (χ3v) is 7.10.